The highest BCUT2D eigenvalue weighted by atomic mass is 79.9. The average molecular weight is 333 g/mol. The normalized spacial score (nSPS) is 9.89. The third-order valence-corrected chi connectivity index (χ3v) is 3.48. The molecule has 1 aromatic heterocycles. The summed E-state index contributed by atoms with van der Waals surface area (Å²) in [6.07, 6.45) is 0. The first-order valence-electron chi connectivity index (χ1n) is 5.70. The van der Waals surface area contributed by atoms with Crippen molar-refractivity contribution in [2.24, 2.45) is 0 Å². The number of hydrogen-bond acceptors (Lipinski definition) is 3. The first-order valence-corrected chi connectivity index (χ1v) is 6.58. The zero-order valence-corrected chi connectivity index (χ0v) is 12.6. The van der Waals surface area contributed by atoms with Gasteiger partial charge in [-0.1, -0.05) is 54.6 Å². The van der Waals surface area contributed by atoms with E-state index >= 15 is 0 Å². The molecule has 2 N–H and O–H groups in total. The smallest absolute Gasteiger partial charge is 0.180 e. The van der Waals surface area contributed by atoms with Crippen LogP contribution in [0.5, 0.6) is 0 Å². The van der Waals surface area contributed by atoms with Crippen molar-refractivity contribution in [3.63, 3.8) is 0 Å². The van der Waals surface area contributed by atoms with E-state index in [0.717, 1.165) is 11.3 Å². The number of nitrogens with two attached hydrogens (primary N) is 1. The molecule has 0 amide bonds. The molecule has 3 aromatic rings. The zero-order chi connectivity index (χ0) is 12.4. The number of anilines is 1. The summed E-state index contributed by atoms with van der Waals surface area (Å²) < 4.78 is 0. The number of aromatic nitrogens is 1. The Balaban J connectivity index is 0.00000133. The summed E-state index contributed by atoms with van der Waals surface area (Å²) in [6.45, 7) is 0. The third kappa shape index (κ3) is 3.03. The molecule has 2 nitrogen and oxygen atoms in total. The molecule has 96 valence electrons. The van der Waals surface area contributed by atoms with Crippen LogP contribution in [0.2, 0.25) is 0 Å². The first kappa shape index (κ1) is 13.8. The van der Waals surface area contributed by atoms with Crippen LogP contribution < -0.4 is 5.73 Å². The second kappa shape index (κ2) is 5.99. The fourth-order valence-electron chi connectivity index (χ4n) is 1.88. The van der Waals surface area contributed by atoms with Gasteiger partial charge in [-0.25, -0.2) is 4.98 Å². The first-order chi connectivity index (χ1) is 8.83. The molecule has 4 heteroatoms. The monoisotopic (exact) mass is 332 g/mol. The molecule has 0 saturated heterocycles. The largest absolute Gasteiger partial charge is 0.375 e. The van der Waals surface area contributed by atoms with E-state index in [-0.39, 0.29) is 17.0 Å². The van der Waals surface area contributed by atoms with Crippen molar-refractivity contribution < 1.29 is 0 Å². The maximum absolute atomic E-state index is 5.64. The lowest BCUT2D eigenvalue weighted by Gasteiger charge is -2.02. The lowest BCUT2D eigenvalue weighted by Crippen LogP contribution is -1.83. The summed E-state index contributed by atoms with van der Waals surface area (Å²) in [6, 6.07) is 18.7. The van der Waals surface area contributed by atoms with Gasteiger partial charge in [0.1, 0.15) is 0 Å². The van der Waals surface area contributed by atoms with E-state index in [1.54, 1.807) is 0 Å². The third-order valence-electron chi connectivity index (χ3n) is 2.81. The number of hydrogen-bond donors (Lipinski definition) is 1. The van der Waals surface area contributed by atoms with Crippen LogP contribution in [0, 0.1) is 0 Å². The Morgan fingerprint density at radius 3 is 1.95 bits per heavy atom. The Morgan fingerprint density at radius 1 is 0.789 bits per heavy atom. The van der Waals surface area contributed by atoms with Crippen LogP contribution in [0.4, 0.5) is 5.13 Å². The van der Waals surface area contributed by atoms with Gasteiger partial charge in [-0.3, -0.25) is 0 Å². The maximum Gasteiger partial charge on any atom is 0.180 e. The molecule has 0 saturated carbocycles. The van der Waals surface area contributed by atoms with Crippen LogP contribution in [-0.2, 0) is 0 Å². The zero-order valence-electron chi connectivity index (χ0n) is 10.1. The highest BCUT2D eigenvalue weighted by molar-refractivity contribution is 8.93. The second-order valence-corrected chi connectivity index (χ2v) is 4.90. The summed E-state index contributed by atoms with van der Waals surface area (Å²) >= 11 is 1.47. The van der Waals surface area contributed by atoms with Gasteiger partial charge in [0.05, 0.1) is 5.69 Å². The Kier molecular flexibility index (Phi) is 4.35. The van der Waals surface area contributed by atoms with Gasteiger partial charge in [0.15, 0.2) is 5.13 Å². The van der Waals surface area contributed by atoms with Crippen molar-refractivity contribution in [1.29, 1.82) is 0 Å². The van der Waals surface area contributed by atoms with Crippen molar-refractivity contribution in [2.45, 2.75) is 0 Å². The van der Waals surface area contributed by atoms with Crippen LogP contribution in [-0.4, -0.2) is 4.98 Å². The molecule has 0 radical (unpaired) electrons. The second-order valence-electron chi connectivity index (χ2n) is 4.01. The van der Waals surface area contributed by atoms with Crippen molar-refractivity contribution in [3.8, 4) is 22.4 Å². The molecular weight excluding hydrogens is 320 g/mol. The van der Waals surface area contributed by atoms with Gasteiger partial charge in [0.25, 0.3) is 0 Å². The fourth-order valence-corrected chi connectivity index (χ4v) is 2.46. The standard InChI is InChI=1S/C15H12N2S.BrH/c16-15-17-14(10-18-15)13-8-6-12(7-9-13)11-4-2-1-3-5-11;/h1-10H,(H2,16,17);1H. The van der Waals surface area contributed by atoms with Crippen molar-refractivity contribution >= 4 is 33.4 Å². The van der Waals surface area contributed by atoms with Gasteiger partial charge in [0, 0.05) is 10.9 Å². The molecule has 0 fully saturated rings. The van der Waals surface area contributed by atoms with Gasteiger partial charge in [0.2, 0.25) is 0 Å². The molecule has 0 spiro atoms. The van der Waals surface area contributed by atoms with Crippen LogP contribution >= 0.6 is 28.3 Å². The predicted molar refractivity (Wildman–Crippen MR) is 87.7 cm³/mol. The quantitative estimate of drug-likeness (QED) is 0.742. The molecule has 0 aliphatic carbocycles. The van der Waals surface area contributed by atoms with E-state index in [1.165, 1.54) is 22.5 Å². The minimum Gasteiger partial charge on any atom is -0.375 e. The van der Waals surface area contributed by atoms with Crippen LogP contribution in [0.1, 0.15) is 0 Å². The molecule has 19 heavy (non-hydrogen) atoms. The minimum absolute atomic E-state index is 0. The number of thiazole rings is 1. The summed E-state index contributed by atoms with van der Waals surface area (Å²) in [5.74, 6) is 0. The van der Waals surface area contributed by atoms with Gasteiger partial charge in [-0.15, -0.1) is 28.3 Å². The SMILES string of the molecule is Br.Nc1nc(-c2ccc(-c3ccccc3)cc2)cs1. The van der Waals surface area contributed by atoms with Gasteiger partial charge in [-0.05, 0) is 11.1 Å². The summed E-state index contributed by atoms with van der Waals surface area (Å²) in [5.41, 5.74) is 10.1. The van der Waals surface area contributed by atoms with Gasteiger partial charge >= 0.3 is 0 Å². The lowest BCUT2D eigenvalue weighted by atomic mass is 10.0. The van der Waals surface area contributed by atoms with E-state index < -0.39 is 0 Å². The highest BCUT2D eigenvalue weighted by Crippen LogP contribution is 2.26. The van der Waals surface area contributed by atoms with Crippen molar-refractivity contribution in [2.75, 3.05) is 5.73 Å². The molecule has 0 bridgehead atoms. The molecule has 0 aliphatic heterocycles. The highest BCUT2D eigenvalue weighted by Gasteiger charge is 2.03. The summed E-state index contributed by atoms with van der Waals surface area (Å²) in [7, 11) is 0. The van der Waals surface area contributed by atoms with E-state index in [0.29, 0.717) is 5.13 Å². The number of rotatable bonds is 2. The molecule has 1 heterocycles. The van der Waals surface area contributed by atoms with Crippen LogP contribution in [0.25, 0.3) is 22.4 Å². The maximum atomic E-state index is 5.64. The lowest BCUT2D eigenvalue weighted by molar-refractivity contribution is 1.41. The fraction of sp³-hybridized carbons (Fsp3) is 0. The Morgan fingerprint density at radius 2 is 1.37 bits per heavy atom. The minimum atomic E-state index is 0. The van der Waals surface area contributed by atoms with E-state index in [9.17, 15) is 0 Å². The van der Waals surface area contributed by atoms with Gasteiger partial charge < -0.3 is 5.73 Å². The average Bonchev–Trinajstić information content (AvgIpc) is 2.87. The number of halogens is 1. The van der Waals surface area contributed by atoms with Crippen molar-refractivity contribution in [3.05, 3.63) is 60.0 Å². The molecule has 2 aromatic carbocycles. The Bertz CT molecular complexity index is 647. The topological polar surface area (TPSA) is 38.9 Å². The van der Waals surface area contributed by atoms with Crippen LogP contribution in [0.3, 0.4) is 0 Å². The molecule has 0 unspecified atom stereocenters. The van der Waals surface area contributed by atoms with Gasteiger partial charge in [-0.2, -0.15) is 0 Å². The summed E-state index contributed by atoms with van der Waals surface area (Å²) in [5, 5.41) is 2.59. The van der Waals surface area contributed by atoms with E-state index in [2.05, 4.69) is 41.4 Å². The predicted octanol–water partition coefficient (Wildman–Crippen LogP) is 4.64. The Labute approximate surface area is 126 Å². The summed E-state index contributed by atoms with van der Waals surface area (Å²) in [4.78, 5) is 4.28. The van der Waals surface area contributed by atoms with E-state index in [1.807, 2.05) is 23.6 Å². The number of nitrogens with zero attached hydrogens (tertiary/aromatic N) is 1. The molecule has 3 rings (SSSR count). The molecule has 0 aliphatic rings. The van der Waals surface area contributed by atoms with E-state index in [4.69, 9.17) is 5.73 Å². The number of nitrogen functional groups attached to an aromatic ring is 1. The molecular formula is C15H13BrN2S. The number of benzene rings is 2. The van der Waals surface area contributed by atoms with Crippen molar-refractivity contribution in [1.82, 2.24) is 4.98 Å². The Hall–Kier alpha value is -1.65. The molecule has 0 atom stereocenters. The van der Waals surface area contributed by atoms with Crippen LogP contribution in [0.15, 0.2) is 60.0 Å².